The van der Waals surface area contributed by atoms with Crippen molar-refractivity contribution in [1.29, 1.82) is 0 Å². The summed E-state index contributed by atoms with van der Waals surface area (Å²) >= 11 is 1.60. The van der Waals surface area contributed by atoms with Gasteiger partial charge in [-0.2, -0.15) is 11.3 Å². The standard InChI is InChI=1S/C19H20N2O2S/c1-14-9-15(10-21-12-18(22)16-6-8-24-13-16)4-5-19(14)23-17-3-2-7-20-11-17/h2-9,11,13,18,21-22H,10,12H2,1H3. The number of thiophene rings is 1. The average Bonchev–Trinajstić information content (AvgIpc) is 3.13. The Morgan fingerprint density at radius 1 is 1.29 bits per heavy atom. The third kappa shape index (κ3) is 4.41. The van der Waals surface area contributed by atoms with Crippen LogP contribution in [-0.4, -0.2) is 16.6 Å². The van der Waals surface area contributed by atoms with Crippen LogP contribution in [-0.2, 0) is 6.54 Å². The van der Waals surface area contributed by atoms with Gasteiger partial charge in [-0.1, -0.05) is 12.1 Å². The Morgan fingerprint density at radius 3 is 2.92 bits per heavy atom. The monoisotopic (exact) mass is 340 g/mol. The smallest absolute Gasteiger partial charge is 0.145 e. The zero-order valence-corrected chi connectivity index (χ0v) is 14.3. The lowest BCUT2D eigenvalue weighted by Crippen LogP contribution is -2.20. The Labute approximate surface area is 145 Å². The Balaban J connectivity index is 1.54. The second-order valence-electron chi connectivity index (χ2n) is 5.59. The molecule has 2 N–H and O–H groups in total. The molecule has 4 nitrogen and oxygen atoms in total. The minimum absolute atomic E-state index is 0.467. The molecule has 3 aromatic rings. The number of nitrogens with one attached hydrogen (secondary N) is 1. The summed E-state index contributed by atoms with van der Waals surface area (Å²) < 4.78 is 5.83. The predicted molar refractivity (Wildman–Crippen MR) is 96.5 cm³/mol. The zero-order valence-electron chi connectivity index (χ0n) is 13.5. The molecule has 0 aliphatic carbocycles. The van der Waals surface area contributed by atoms with Crippen LogP contribution in [0, 0.1) is 6.92 Å². The van der Waals surface area contributed by atoms with E-state index in [0.717, 1.165) is 28.2 Å². The van der Waals surface area contributed by atoms with E-state index in [1.54, 1.807) is 23.7 Å². The maximum absolute atomic E-state index is 10.1. The van der Waals surface area contributed by atoms with Gasteiger partial charge in [-0.25, -0.2) is 0 Å². The van der Waals surface area contributed by atoms with Crippen molar-refractivity contribution in [2.45, 2.75) is 19.6 Å². The first kappa shape index (κ1) is 16.6. The van der Waals surface area contributed by atoms with E-state index in [2.05, 4.69) is 16.4 Å². The molecular weight excluding hydrogens is 320 g/mol. The van der Waals surface area contributed by atoms with Crippen LogP contribution in [0.15, 0.2) is 59.6 Å². The molecule has 0 radical (unpaired) electrons. The largest absolute Gasteiger partial charge is 0.455 e. The van der Waals surface area contributed by atoms with Gasteiger partial charge in [0.15, 0.2) is 0 Å². The van der Waals surface area contributed by atoms with Crippen LogP contribution >= 0.6 is 11.3 Å². The molecule has 1 aromatic carbocycles. The average molecular weight is 340 g/mol. The molecule has 24 heavy (non-hydrogen) atoms. The number of aliphatic hydroxyl groups is 1. The van der Waals surface area contributed by atoms with Gasteiger partial charge in [0.1, 0.15) is 11.5 Å². The molecule has 0 fully saturated rings. The molecule has 1 atom stereocenters. The van der Waals surface area contributed by atoms with Crippen molar-refractivity contribution in [3.63, 3.8) is 0 Å². The summed E-state index contributed by atoms with van der Waals surface area (Å²) in [6.45, 7) is 3.26. The fourth-order valence-electron chi connectivity index (χ4n) is 2.41. The lowest BCUT2D eigenvalue weighted by atomic mass is 10.1. The van der Waals surface area contributed by atoms with E-state index in [1.807, 2.05) is 48.0 Å². The van der Waals surface area contributed by atoms with Crippen LogP contribution in [0.4, 0.5) is 0 Å². The van der Waals surface area contributed by atoms with Crippen LogP contribution in [0.2, 0.25) is 0 Å². The van der Waals surface area contributed by atoms with E-state index in [1.165, 1.54) is 0 Å². The molecular formula is C19H20N2O2S. The summed E-state index contributed by atoms with van der Waals surface area (Å²) in [4.78, 5) is 4.05. The third-order valence-corrected chi connectivity index (χ3v) is 4.40. The van der Waals surface area contributed by atoms with Gasteiger partial charge in [0.25, 0.3) is 0 Å². The van der Waals surface area contributed by atoms with Crippen molar-refractivity contribution < 1.29 is 9.84 Å². The Morgan fingerprint density at radius 2 is 2.21 bits per heavy atom. The number of pyridine rings is 1. The third-order valence-electron chi connectivity index (χ3n) is 3.70. The quantitative estimate of drug-likeness (QED) is 0.681. The van der Waals surface area contributed by atoms with Crippen molar-refractivity contribution in [2.24, 2.45) is 0 Å². The number of hydrogen-bond donors (Lipinski definition) is 2. The van der Waals surface area contributed by atoms with Gasteiger partial charge in [-0.05, 0) is 58.6 Å². The van der Waals surface area contributed by atoms with Gasteiger partial charge in [-0.3, -0.25) is 4.98 Å². The van der Waals surface area contributed by atoms with E-state index >= 15 is 0 Å². The number of nitrogens with zero attached hydrogens (tertiary/aromatic N) is 1. The Kier molecular flexibility index (Phi) is 5.59. The molecule has 0 aliphatic rings. The van der Waals surface area contributed by atoms with Crippen LogP contribution in [0.5, 0.6) is 11.5 Å². The molecule has 124 valence electrons. The number of rotatable bonds is 7. The summed E-state index contributed by atoms with van der Waals surface area (Å²) in [7, 11) is 0. The van der Waals surface area contributed by atoms with Crippen LogP contribution in [0.1, 0.15) is 22.8 Å². The molecule has 5 heteroatoms. The molecule has 2 aromatic heterocycles. The van der Waals surface area contributed by atoms with Crippen molar-refractivity contribution in [1.82, 2.24) is 10.3 Å². The summed E-state index contributed by atoms with van der Waals surface area (Å²) in [5.41, 5.74) is 3.18. The predicted octanol–water partition coefficient (Wildman–Crippen LogP) is 4.07. The highest BCUT2D eigenvalue weighted by Gasteiger charge is 2.08. The second kappa shape index (κ2) is 8.06. The van der Waals surface area contributed by atoms with Crippen molar-refractivity contribution in [3.05, 3.63) is 76.2 Å². The Hall–Kier alpha value is -2.21. The lowest BCUT2D eigenvalue weighted by molar-refractivity contribution is 0.175. The fraction of sp³-hybridized carbons (Fsp3) is 0.211. The minimum atomic E-state index is -0.467. The van der Waals surface area contributed by atoms with Crippen LogP contribution < -0.4 is 10.1 Å². The molecule has 0 saturated carbocycles. The molecule has 2 heterocycles. The SMILES string of the molecule is Cc1cc(CNCC(O)c2ccsc2)ccc1Oc1cccnc1. The van der Waals surface area contributed by atoms with E-state index < -0.39 is 6.10 Å². The Bertz CT molecular complexity index is 760. The number of hydrogen-bond acceptors (Lipinski definition) is 5. The normalized spacial score (nSPS) is 12.1. The number of aryl methyl sites for hydroxylation is 1. The minimum Gasteiger partial charge on any atom is -0.455 e. The van der Waals surface area contributed by atoms with E-state index in [9.17, 15) is 5.11 Å². The molecule has 0 bridgehead atoms. The summed E-state index contributed by atoms with van der Waals surface area (Å²) in [5, 5.41) is 17.3. The number of aromatic nitrogens is 1. The maximum Gasteiger partial charge on any atom is 0.145 e. The number of benzene rings is 1. The highest BCUT2D eigenvalue weighted by Crippen LogP contribution is 2.25. The van der Waals surface area contributed by atoms with E-state index in [4.69, 9.17) is 4.74 Å². The summed E-state index contributed by atoms with van der Waals surface area (Å²) in [5.74, 6) is 1.55. The molecule has 0 saturated heterocycles. The zero-order chi connectivity index (χ0) is 16.8. The first-order valence-electron chi connectivity index (χ1n) is 7.80. The number of aliphatic hydroxyl groups excluding tert-OH is 1. The maximum atomic E-state index is 10.1. The van der Waals surface area contributed by atoms with Crippen molar-refractivity contribution in [3.8, 4) is 11.5 Å². The van der Waals surface area contributed by atoms with Gasteiger partial charge in [0.05, 0.1) is 12.3 Å². The second-order valence-corrected chi connectivity index (χ2v) is 6.37. The van der Waals surface area contributed by atoms with Gasteiger partial charge < -0.3 is 15.2 Å². The van der Waals surface area contributed by atoms with Gasteiger partial charge in [0.2, 0.25) is 0 Å². The van der Waals surface area contributed by atoms with Gasteiger partial charge in [-0.15, -0.1) is 0 Å². The van der Waals surface area contributed by atoms with Crippen LogP contribution in [0.25, 0.3) is 0 Å². The topological polar surface area (TPSA) is 54.4 Å². The van der Waals surface area contributed by atoms with Gasteiger partial charge in [0, 0.05) is 19.3 Å². The highest BCUT2D eigenvalue weighted by atomic mass is 32.1. The van der Waals surface area contributed by atoms with Crippen LogP contribution in [0.3, 0.4) is 0 Å². The first-order chi connectivity index (χ1) is 11.7. The van der Waals surface area contributed by atoms with E-state index in [-0.39, 0.29) is 0 Å². The lowest BCUT2D eigenvalue weighted by Gasteiger charge is -2.12. The fourth-order valence-corrected chi connectivity index (χ4v) is 3.11. The van der Waals surface area contributed by atoms with Crippen molar-refractivity contribution in [2.75, 3.05) is 6.54 Å². The highest BCUT2D eigenvalue weighted by molar-refractivity contribution is 7.07. The molecule has 1 unspecified atom stereocenters. The summed E-state index contributed by atoms with van der Waals surface area (Å²) in [6, 6.07) is 11.8. The molecule has 0 spiro atoms. The number of ether oxygens (including phenoxy) is 1. The molecule has 0 amide bonds. The van der Waals surface area contributed by atoms with E-state index in [0.29, 0.717) is 13.1 Å². The molecule has 3 rings (SSSR count). The first-order valence-corrected chi connectivity index (χ1v) is 8.75. The van der Waals surface area contributed by atoms with Gasteiger partial charge >= 0.3 is 0 Å². The van der Waals surface area contributed by atoms with Crippen molar-refractivity contribution >= 4 is 11.3 Å². The summed E-state index contributed by atoms with van der Waals surface area (Å²) in [6.07, 6.45) is 2.95. The molecule has 0 aliphatic heterocycles.